The zero-order valence-electron chi connectivity index (χ0n) is 23.2. The van der Waals surface area contributed by atoms with E-state index in [1.807, 2.05) is 55.4 Å². The van der Waals surface area contributed by atoms with Crippen LogP contribution in [0.1, 0.15) is 109 Å². The van der Waals surface area contributed by atoms with Gasteiger partial charge in [0.25, 0.3) is 0 Å². The molecule has 0 rings (SSSR count). The first-order valence-corrected chi connectivity index (χ1v) is 12.0. The van der Waals surface area contributed by atoms with Crippen molar-refractivity contribution in [1.82, 2.24) is 10.6 Å². The average molecular weight is 455 g/mol. The second-order valence-corrected chi connectivity index (χ2v) is 14.3. The van der Waals surface area contributed by atoms with Crippen LogP contribution >= 0.6 is 0 Å². The van der Waals surface area contributed by atoms with Gasteiger partial charge in [-0.1, -0.05) is 55.4 Å². The molecule has 0 bridgehead atoms. The van der Waals surface area contributed by atoms with Crippen LogP contribution in [0.25, 0.3) is 0 Å². The molecular formula is C26H54N4O2. The molecule has 0 aromatic rings. The fraction of sp³-hybridized carbons (Fsp3) is 0.923. The Morgan fingerprint density at radius 1 is 0.562 bits per heavy atom. The van der Waals surface area contributed by atoms with Gasteiger partial charge in [0.15, 0.2) is 0 Å². The van der Waals surface area contributed by atoms with Gasteiger partial charge < -0.3 is 22.1 Å². The Bertz CT molecular complexity index is 635. The van der Waals surface area contributed by atoms with Crippen LogP contribution in [0.5, 0.6) is 0 Å². The van der Waals surface area contributed by atoms with E-state index in [0.717, 1.165) is 19.3 Å². The molecule has 6 nitrogen and oxygen atoms in total. The molecule has 0 aliphatic carbocycles. The molecule has 0 saturated carbocycles. The van der Waals surface area contributed by atoms with Crippen LogP contribution in [0.2, 0.25) is 0 Å². The summed E-state index contributed by atoms with van der Waals surface area (Å²) in [4.78, 5) is 26.0. The molecule has 6 heteroatoms. The van der Waals surface area contributed by atoms with E-state index < -0.39 is 10.8 Å². The largest absolute Gasteiger partial charge is 0.355 e. The molecule has 0 aromatic heterocycles. The summed E-state index contributed by atoms with van der Waals surface area (Å²) in [7, 11) is 0. The topological polar surface area (TPSA) is 110 Å². The molecule has 0 aliphatic rings. The number of rotatable bonds is 13. The molecule has 190 valence electrons. The van der Waals surface area contributed by atoms with E-state index in [9.17, 15) is 9.59 Å². The summed E-state index contributed by atoms with van der Waals surface area (Å²) in [5, 5.41) is 6.21. The van der Waals surface area contributed by atoms with Crippen molar-refractivity contribution in [2.24, 2.45) is 33.1 Å². The number of nitrogens with one attached hydrogen (secondary N) is 2. The van der Waals surface area contributed by atoms with Crippen LogP contribution < -0.4 is 22.1 Å². The van der Waals surface area contributed by atoms with Crippen molar-refractivity contribution >= 4 is 11.8 Å². The van der Waals surface area contributed by atoms with Gasteiger partial charge in [-0.05, 0) is 64.2 Å². The predicted octanol–water partition coefficient (Wildman–Crippen LogP) is 4.36. The summed E-state index contributed by atoms with van der Waals surface area (Å²) < 4.78 is 0. The third kappa shape index (κ3) is 12.8. The first-order valence-electron chi connectivity index (χ1n) is 12.0. The monoisotopic (exact) mass is 454 g/mol. The highest BCUT2D eigenvalue weighted by molar-refractivity contribution is 5.85. The Labute approximate surface area is 198 Å². The van der Waals surface area contributed by atoms with E-state index in [4.69, 9.17) is 11.5 Å². The van der Waals surface area contributed by atoms with E-state index in [1.165, 1.54) is 0 Å². The van der Waals surface area contributed by atoms with Gasteiger partial charge >= 0.3 is 0 Å². The van der Waals surface area contributed by atoms with Crippen molar-refractivity contribution in [3.63, 3.8) is 0 Å². The number of carbonyl (C=O) groups excluding carboxylic acids is 2. The van der Waals surface area contributed by atoms with Crippen LogP contribution in [-0.2, 0) is 9.59 Å². The maximum atomic E-state index is 13.0. The number of hydrogen-bond donors (Lipinski definition) is 4. The molecule has 0 spiro atoms. The Kier molecular flexibility index (Phi) is 10.0. The lowest BCUT2D eigenvalue weighted by molar-refractivity contribution is -0.136. The normalized spacial score (nSPS) is 14.3. The molecular weight excluding hydrogens is 400 g/mol. The van der Waals surface area contributed by atoms with Crippen LogP contribution in [0.4, 0.5) is 0 Å². The highest BCUT2D eigenvalue weighted by Crippen LogP contribution is 2.35. The molecule has 0 fully saturated rings. The van der Waals surface area contributed by atoms with Crippen LogP contribution in [0.3, 0.4) is 0 Å². The molecule has 0 aliphatic heterocycles. The van der Waals surface area contributed by atoms with E-state index in [0.29, 0.717) is 19.5 Å². The van der Waals surface area contributed by atoms with Gasteiger partial charge in [0.2, 0.25) is 11.8 Å². The zero-order valence-corrected chi connectivity index (χ0v) is 23.2. The SMILES string of the molecule is CC(C)(N)CCC(C)(C)CNC(=O)C(C)(C)CC(C)(C)C(=O)NCC(C)(C)CC(C)(C)N. The van der Waals surface area contributed by atoms with Gasteiger partial charge in [0.05, 0.1) is 0 Å². The molecule has 6 N–H and O–H groups in total. The quantitative estimate of drug-likeness (QED) is 0.331. The molecule has 32 heavy (non-hydrogen) atoms. The molecule has 0 heterocycles. The van der Waals surface area contributed by atoms with Crippen molar-refractivity contribution in [3.05, 3.63) is 0 Å². The van der Waals surface area contributed by atoms with Gasteiger partial charge in [0.1, 0.15) is 0 Å². The summed E-state index contributed by atoms with van der Waals surface area (Å²) in [6.45, 7) is 25.3. The Balaban J connectivity index is 4.92. The number of nitrogens with two attached hydrogens (primary N) is 2. The molecule has 0 saturated heterocycles. The Morgan fingerprint density at radius 3 is 1.28 bits per heavy atom. The first-order chi connectivity index (χ1) is 13.9. The van der Waals surface area contributed by atoms with Crippen molar-refractivity contribution in [3.8, 4) is 0 Å². The second-order valence-electron chi connectivity index (χ2n) is 14.3. The van der Waals surface area contributed by atoms with Crippen molar-refractivity contribution in [2.45, 2.75) is 120 Å². The van der Waals surface area contributed by atoms with Crippen LogP contribution in [-0.4, -0.2) is 36.0 Å². The van der Waals surface area contributed by atoms with E-state index in [2.05, 4.69) is 38.3 Å². The fourth-order valence-corrected chi connectivity index (χ4v) is 4.43. The minimum Gasteiger partial charge on any atom is -0.355 e. The lowest BCUT2D eigenvalue weighted by Gasteiger charge is -2.36. The summed E-state index contributed by atoms with van der Waals surface area (Å²) >= 11 is 0. The van der Waals surface area contributed by atoms with Crippen LogP contribution in [0, 0.1) is 21.7 Å². The van der Waals surface area contributed by atoms with Gasteiger partial charge in [-0.2, -0.15) is 0 Å². The summed E-state index contributed by atoms with van der Waals surface area (Å²) in [5.41, 5.74) is 10.3. The number of amides is 2. The zero-order chi connectivity index (χ0) is 25.8. The van der Waals surface area contributed by atoms with E-state index >= 15 is 0 Å². The third-order valence-corrected chi connectivity index (χ3v) is 5.95. The molecule has 0 aromatic carbocycles. The summed E-state index contributed by atoms with van der Waals surface area (Å²) in [5.74, 6) is -0.0598. The van der Waals surface area contributed by atoms with Gasteiger partial charge in [-0.3, -0.25) is 9.59 Å². The lowest BCUT2D eigenvalue weighted by Crippen LogP contribution is -2.48. The minimum absolute atomic E-state index is 0.0244. The van der Waals surface area contributed by atoms with Crippen LogP contribution in [0.15, 0.2) is 0 Å². The Morgan fingerprint density at radius 2 is 0.938 bits per heavy atom. The lowest BCUT2D eigenvalue weighted by atomic mass is 9.73. The fourth-order valence-electron chi connectivity index (χ4n) is 4.43. The van der Waals surface area contributed by atoms with Crippen molar-refractivity contribution in [2.75, 3.05) is 13.1 Å². The van der Waals surface area contributed by atoms with Gasteiger partial charge in [0, 0.05) is 35.0 Å². The van der Waals surface area contributed by atoms with Crippen molar-refractivity contribution in [1.29, 1.82) is 0 Å². The smallest absolute Gasteiger partial charge is 0.225 e. The highest BCUT2D eigenvalue weighted by atomic mass is 16.2. The van der Waals surface area contributed by atoms with Gasteiger partial charge in [-0.15, -0.1) is 0 Å². The van der Waals surface area contributed by atoms with Gasteiger partial charge in [-0.25, -0.2) is 0 Å². The third-order valence-electron chi connectivity index (χ3n) is 5.95. The minimum atomic E-state index is -0.672. The second kappa shape index (κ2) is 10.4. The van der Waals surface area contributed by atoms with E-state index in [1.54, 1.807) is 0 Å². The number of hydrogen-bond acceptors (Lipinski definition) is 4. The highest BCUT2D eigenvalue weighted by Gasteiger charge is 2.40. The molecule has 0 atom stereocenters. The van der Waals surface area contributed by atoms with E-state index in [-0.39, 0.29) is 33.7 Å². The average Bonchev–Trinajstić information content (AvgIpc) is 2.52. The molecule has 0 radical (unpaired) electrons. The Hall–Kier alpha value is -1.14. The standard InChI is InChI=1S/C26H54N4O2/c1-21(2,13-14-25(9,10)27)17-29-19(31)23(5,6)16-24(7,8)20(32)30-18-22(3,4)15-26(11,12)28/h13-18,27-28H2,1-12H3,(H,29,31)(H,30,32). The summed E-state index contributed by atoms with van der Waals surface area (Å²) in [6, 6.07) is 0. The van der Waals surface area contributed by atoms with Crippen molar-refractivity contribution < 1.29 is 9.59 Å². The maximum absolute atomic E-state index is 13.0. The molecule has 0 unspecified atom stereocenters. The maximum Gasteiger partial charge on any atom is 0.225 e. The number of carbonyl (C=O) groups is 2. The first kappa shape index (κ1) is 30.9. The summed E-state index contributed by atoms with van der Waals surface area (Å²) in [6.07, 6.45) is 3.08. The molecule has 2 amide bonds. The predicted molar refractivity (Wildman–Crippen MR) is 136 cm³/mol.